The topological polar surface area (TPSA) is 73.0 Å². The molecular weight excluding hydrogens is 172 g/mol. The van der Waals surface area contributed by atoms with Gasteiger partial charge in [0.05, 0.1) is 4.92 Å². The van der Waals surface area contributed by atoms with E-state index in [0.717, 1.165) is 0 Å². The van der Waals surface area contributed by atoms with Crippen LogP contribution in [0.2, 0.25) is 0 Å². The van der Waals surface area contributed by atoms with E-state index in [4.69, 9.17) is 0 Å². The fraction of sp³-hybridized carbons (Fsp3) is 0.571. The van der Waals surface area contributed by atoms with Crippen molar-refractivity contribution in [2.75, 3.05) is 5.32 Å². The largest absolute Gasteiger partial charge is 0.361 e. The number of nitrogens with one attached hydrogen (secondary N) is 1. The SMILES string of the molecule is CC(C)Nc1nn(C)cc1[N+](=O)[O-]. The first kappa shape index (κ1) is 9.50. The van der Waals surface area contributed by atoms with Crippen LogP contribution >= 0.6 is 0 Å². The highest BCUT2D eigenvalue weighted by Gasteiger charge is 2.18. The molecule has 0 aromatic carbocycles. The van der Waals surface area contributed by atoms with Crippen molar-refractivity contribution in [1.82, 2.24) is 9.78 Å². The molecule has 0 aliphatic heterocycles. The zero-order chi connectivity index (χ0) is 10.0. The van der Waals surface area contributed by atoms with Gasteiger partial charge >= 0.3 is 5.69 Å². The van der Waals surface area contributed by atoms with Gasteiger partial charge in [-0.15, -0.1) is 5.10 Å². The van der Waals surface area contributed by atoms with E-state index in [1.54, 1.807) is 7.05 Å². The molecule has 13 heavy (non-hydrogen) atoms. The van der Waals surface area contributed by atoms with Crippen molar-refractivity contribution in [3.8, 4) is 0 Å². The van der Waals surface area contributed by atoms with Gasteiger partial charge in [-0.2, -0.15) is 0 Å². The van der Waals surface area contributed by atoms with Gasteiger partial charge in [-0.25, -0.2) is 0 Å². The van der Waals surface area contributed by atoms with E-state index in [1.165, 1.54) is 10.9 Å². The number of aryl methyl sites for hydroxylation is 1. The summed E-state index contributed by atoms with van der Waals surface area (Å²) >= 11 is 0. The molecule has 0 fully saturated rings. The normalized spacial score (nSPS) is 10.5. The minimum absolute atomic E-state index is 0.0104. The Morgan fingerprint density at radius 3 is 2.77 bits per heavy atom. The van der Waals surface area contributed by atoms with E-state index in [0.29, 0.717) is 5.82 Å². The maximum atomic E-state index is 10.5. The first-order chi connectivity index (χ1) is 6.00. The van der Waals surface area contributed by atoms with Crippen LogP contribution in [-0.4, -0.2) is 20.7 Å². The number of hydrogen-bond acceptors (Lipinski definition) is 4. The van der Waals surface area contributed by atoms with E-state index >= 15 is 0 Å². The molecule has 6 nitrogen and oxygen atoms in total. The van der Waals surface area contributed by atoms with Crippen molar-refractivity contribution in [3.05, 3.63) is 16.3 Å². The monoisotopic (exact) mass is 184 g/mol. The molecule has 1 N–H and O–H groups in total. The van der Waals surface area contributed by atoms with Crippen molar-refractivity contribution in [3.63, 3.8) is 0 Å². The van der Waals surface area contributed by atoms with Crippen LogP contribution in [0, 0.1) is 10.1 Å². The number of aromatic nitrogens is 2. The van der Waals surface area contributed by atoms with Crippen LogP contribution in [0.3, 0.4) is 0 Å². The summed E-state index contributed by atoms with van der Waals surface area (Å²) in [6.45, 7) is 3.80. The number of anilines is 1. The third-order valence-electron chi connectivity index (χ3n) is 1.43. The quantitative estimate of drug-likeness (QED) is 0.564. The maximum Gasteiger partial charge on any atom is 0.330 e. The summed E-state index contributed by atoms with van der Waals surface area (Å²) in [5.41, 5.74) is 0.0104. The first-order valence-electron chi connectivity index (χ1n) is 3.95. The summed E-state index contributed by atoms with van der Waals surface area (Å²) in [5.74, 6) is 0.322. The molecule has 6 heteroatoms. The van der Waals surface area contributed by atoms with Gasteiger partial charge in [-0.1, -0.05) is 0 Å². The third-order valence-corrected chi connectivity index (χ3v) is 1.43. The van der Waals surface area contributed by atoms with Crippen molar-refractivity contribution < 1.29 is 4.92 Å². The molecule has 1 heterocycles. The van der Waals surface area contributed by atoms with Crippen LogP contribution in [0.25, 0.3) is 0 Å². The van der Waals surface area contributed by atoms with Crippen molar-refractivity contribution in [2.45, 2.75) is 19.9 Å². The fourth-order valence-corrected chi connectivity index (χ4v) is 0.986. The Bertz CT molecular complexity index is 318. The second-order valence-electron chi connectivity index (χ2n) is 3.09. The standard InChI is InChI=1S/C7H12N4O2/c1-5(2)8-7-6(11(12)13)4-10(3)9-7/h4-5H,1-3H3,(H,8,9). The maximum absolute atomic E-state index is 10.5. The molecule has 0 unspecified atom stereocenters. The van der Waals surface area contributed by atoms with Crippen LogP contribution in [0.4, 0.5) is 11.5 Å². The third kappa shape index (κ3) is 2.17. The van der Waals surface area contributed by atoms with E-state index in [-0.39, 0.29) is 11.7 Å². The number of nitro groups is 1. The van der Waals surface area contributed by atoms with E-state index in [2.05, 4.69) is 10.4 Å². The van der Waals surface area contributed by atoms with Gasteiger partial charge in [0.25, 0.3) is 0 Å². The molecule has 0 atom stereocenters. The van der Waals surface area contributed by atoms with Crippen molar-refractivity contribution >= 4 is 11.5 Å². The molecule has 0 spiro atoms. The molecule has 1 aromatic heterocycles. The minimum atomic E-state index is -0.447. The zero-order valence-corrected chi connectivity index (χ0v) is 7.81. The predicted molar refractivity (Wildman–Crippen MR) is 48.6 cm³/mol. The Hall–Kier alpha value is -1.59. The lowest BCUT2D eigenvalue weighted by molar-refractivity contribution is -0.384. The van der Waals surface area contributed by atoms with E-state index in [1.807, 2.05) is 13.8 Å². The highest BCUT2D eigenvalue weighted by atomic mass is 16.6. The molecule has 0 saturated carbocycles. The summed E-state index contributed by atoms with van der Waals surface area (Å²) in [6.07, 6.45) is 1.38. The second-order valence-corrected chi connectivity index (χ2v) is 3.09. The first-order valence-corrected chi connectivity index (χ1v) is 3.95. The molecule has 72 valence electrons. The lowest BCUT2D eigenvalue weighted by Crippen LogP contribution is -2.11. The lowest BCUT2D eigenvalue weighted by Gasteiger charge is -2.04. The van der Waals surface area contributed by atoms with Crippen LogP contribution in [0.1, 0.15) is 13.8 Å². The van der Waals surface area contributed by atoms with Gasteiger partial charge in [0.2, 0.25) is 5.82 Å². The predicted octanol–water partition coefficient (Wildman–Crippen LogP) is 1.15. The van der Waals surface area contributed by atoms with Gasteiger partial charge in [-0.3, -0.25) is 14.8 Å². The Morgan fingerprint density at radius 2 is 2.31 bits per heavy atom. The molecule has 0 radical (unpaired) electrons. The Balaban J connectivity index is 2.97. The average Bonchev–Trinajstić information content (AvgIpc) is 2.29. The second kappa shape index (κ2) is 3.42. The smallest absolute Gasteiger partial charge is 0.330 e. The van der Waals surface area contributed by atoms with Crippen LogP contribution in [-0.2, 0) is 7.05 Å². The minimum Gasteiger partial charge on any atom is -0.361 e. The summed E-state index contributed by atoms with van der Waals surface area (Å²) in [4.78, 5) is 10.1. The van der Waals surface area contributed by atoms with Gasteiger partial charge < -0.3 is 5.32 Å². The molecule has 0 bridgehead atoms. The summed E-state index contributed by atoms with van der Waals surface area (Å²) in [6, 6.07) is 0.133. The Labute approximate surface area is 75.7 Å². The molecule has 0 aliphatic carbocycles. The van der Waals surface area contributed by atoms with Gasteiger partial charge in [-0.05, 0) is 13.8 Å². The van der Waals surface area contributed by atoms with Crippen LogP contribution in [0.5, 0.6) is 0 Å². The number of hydrogen-bond donors (Lipinski definition) is 1. The molecule has 0 aliphatic rings. The molecule has 1 aromatic rings. The van der Waals surface area contributed by atoms with Gasteiger partial charge in [0.1, 0.15) is 6.20 Å². The van der Waals surface area contributed by atoms with E-state index < -0.39 is 4.92 Å². The Kier molecular flexibility index (Phi) is 2.50. The summed E-state index contributed by atoms with van der Waals surface area (Å²) in [7, 11) is 1.65. The van der Waals surface area contributed by atoms with Crippen LogP contribution < -0.4 is 5.32 Å². The molecule has 0 amide bonds. The molecule has 0 saturated heterocycles. The zero-order valence-electron chi connectivity index (χ0n) is 7.81. The van der Waals surface area contributed by atoms with Gasteiger partial charge in [0.15, 0.2) is 0 Å². The highest BCUT2D eigenvalue weighted by Crippen LogP contribution is 2.21. The number of rotatable bonds is 3. The van der Waals surface area contributed by atoms with Crippen LogP contribution in [0.15, 0.2) is 6.20 Å². The number of nitrogens with zero attached hydrogens (tertiary/aromatic N) is 3. The molecule has 1 rings (SSSR count). The van der Waals surface area contributed by atoms with Crippen molar-refractivity contribution in [2.24, 2.45) is 7.05 Å². The highest BCUT2D eigenvalue weighted by molar-refractivity contribution is 5.54. The summed E-state index contributed by atoms with van der Waals surface area (Å²) < 4.78 is 1.42. The fourth-order valence-electron chi connectivity index (χ4n) is 0.986. The molecular formula is C7H12N4O2. The van der Waals surface area contributed by atoms with Crippen molar-refractivity contribution in [1.29, 1.82) is 0 Å². The Morgan fingerprint density at radius 1 is 1.69 bits per heavy atom. The van der Waals surface area contributed by atoms with Gasteiger partial charge in [0, 0.05) is 13.1 Å². The average molecular weight is 184 g/mol. The summed E-state index contributed by atoms with van der Waals surface area (Å²) in [5, 5.41) is 17.4. The van der Waals surface area contributed by atoms with E-state index in [9.17, 15) is 10.1 Å². The lowest BCUT2D eigenvalue weighted by atomic mass is 10.4.